The second-order valence-electron chi connectivity index (χ2n) is 7.27. The van der Waals surface area contributed by atoms with Gasteiger partial charge in [-0.1, -0.05) is 42.5 Å². The molecular formula is C22H23N3O3. The quantitative estimate of drug-likeness (QED) is 0.757. The average Bonchev–Trinajstić information content (AvgIpc) is 2.76. The number of likely N-dealkylation sites (tertiary alicyclic amines) is 1. The average molecular weight is 377 g/mol. The molecule has 144 valence electrons. The number of benzene rings is 2. The fourth-order valence-electron chi connectivity index (χ4n) is 3.85. The van der Waals surface area contributed by atoms with Crippen molar-refractivity contribution in [3.8, 4) is 0 Å². The smallest absolute Gasteiger partial charge is 0.261 e. The molecule has 0 saturated carbocycles. The van der Waals surface area contributed by atoms with E-state index in [4.69, 9.17) is 0 Å². The van der Waals surface area contributed by atoms with Crippen LogP contribution in [0.4, 0.5) is 0 Å². The highest BCUT2D eigenvalue weighted by atomic mass is 16.3. The van der Waals surface area contributed by atoms with Crippen LogP contribution < -0.4 is 5.56 Å². The Morgan fingerprint density at radius 3 is 2.50 bits per heavy atom. The highest BCUT2D eigenvalue weighted by Crippen LogP contribution is 2.30. The molecule has 2 heterocycles. The van der Waals surface area contributed by atoms with Gasteiger partial charge in [0.15, 0.2) is 0 Å². The van der Waals surface area contributed by atoms with Gasteiger partial charge in [0.1, 0.15) is 6.54 Å². The van der Waals surface area contributed by atoms with Crippen LogP contribution in [0.3, 0.4) is 0 Å². The SMILES string of the molecule is O=C(Cn1cnc2ccccc2c1=O)N1CCC(C(O)c2ccccc2)CC1. The van der Waals surface area contributed by atoms with Gasteiger partial charge in [0.2, 0.25) is 5.91 Å². The van der Waals surface area contributed by atoms with E-state index in [1.54, 1.807) is 23.1 Å². The van der Waals surface area contributed by atoms with Crippen molar-refractivity contribution in [1.82, 2.24) is 14.5 Å². The van der Waals surface area contributed by atoms with E-state index in [0.29, 0.717) is 24.0 Å². The van der Waals surface area contributed by atoms with Crippen LogP contribution in [0.5, 0.6) is 0 Å². The van der Waals surface area contributed by atoms with Crippen molar-refractivity contribution in [3.05, 3.63) is 76.8 Å². The number of nitrogens with zero attached hydrogens (tertiary/aromatic N) is 3. The topological polar surface area (TPSA) is 75.4 Å². The molecule has 0 spiro atoms. The van der Waals surface area contributed by atoms with Gasteiger partial charge in [-0.25, -0.2) is 4.98 Å². The van der Waals surface area contributed by atoms with E-state index >= 15 is 0 Å². The van der Waals surface area contributed by atoms with E-state index < -0.39 is 6.10 Å². The molecule has 1 N–H and O–H groups in total. The predicted molar refractivity (Wildman–Crippen MR) is 107 cm³/mol. The standard InChI is InChI=1S/C22H23N3O3/c26-20(14-25-15-23-19-9-5-4-8-18(19)22(25)28)24-12-10-17(11-13-24)21(27)16-6-2-1-3-7-16/h1-9,15,17,21,27H,10-14H2. The number of para-hydroxylation sites is 1. The van der Waals surface area contributed by atoms with E-state index in [9.17, 15) is 14.7 Å². The normalized spacial score (nSPS) is 16.2. The Hall–Kier alpha value is -2.99. The molecule has 1 amide bonds. The van der Waals surface area contributed by atoms with Crippen LogP contribution in [0.1, 0.15) is 24.5 Å². The number of aliphatic hydroxyl groups excluding tert-OH is 1. The largest absolute Gasteiger partial charge is 0.388 e. The predicted octanol–water partition coefficient (Wildman–Crippen LogP) is 2.37. The first-order valence-electron chi connectivity index (χ1n) is 9.58. The summed E-state index contributed by atoms with van der Waals surface area (Å²) in [6, 6.07) is 16.8. The Morgan fingerprint density at radius 1 is 1.07 bits per heavy atom. The summed E-state index contributed by atoms with van der Waals surface area (Å²) in [6.07, 6.45) is 2.42. The minimum absolute atomic E-state index is 0.0113. The molecule has 1 aromatic heterocycles. The highest BCUT2D eigenvalue weighted by Gasteiger charge is 2.28. The zero-order valence-electron chi connectivity index (χ0n) is 15.6. The van der Waals surface area contributed by atoms with Gasteiger partial charge in [-0.2, -0.15) is 0 Å². The molecule has 1 fully saturated rings. The first-order valence-corrected chi connectivity index (χ1v) is 9.58. The molecule has 1 unspecified atom stereocenters. The Morgan fingerprint density at radius 2 is 1.75 bits per heavy atom. The van der Waals surface area contributed by atoms with E-state index in [2.05, 4.69) is 4.98 Å². The molecule has 1 atom stereocenters. The number of piperidine rings is 1. The molecule has 4 rings (SSSR count). The van der Waals surface area contributed by atoms with Crippen molar-refractivity contribution < 1.29 is 9.90 Å². The number of amides is 1. The molecule has 2 aromatic carbocycles. The lowest BCUT2D eigenvalue weighted by Gasteiger charge is -2.34. The van der Waals surface area contributed by atoms with Gasteiger partial charge < -0.3 is 10.0 Å². The number of aromatic nitrogens is 2. The number of hydrogen-bond donors (Lipinski definition) is 1. The molecule has 6 heteroatoms. The van der Waals surface area contributed by atoms with Gasteiger partial charge in [-0.15, -0.1) is 0 Å². The van der Waals surface area contributed by atoms with E-state index in [0.717, 1.165) is 18.4 Å². The van der Waals surface area contributed by atoms with Gasteiger partial charge in [0, 0.05) is 13.1 Å². The molecule has 1 aliphatic heterocycles. The molecule has 0 radical (unpaired) electrons. The summed E-state index contributed by atoms with van der Waals surface area (Å²) >= 11 is 0. The maximum Gasteiger partial charge on any atom is 0.261 e. The Kier molecular flexibility index (Phi) is 5.21. The van der Waals surface area contributed by atoms with Crippen LogP contribution >= 0.6 is 0 Å². The third-order valence-corrected chi connectivity index (χ3v) is 5.52. The molecule has 1 aliphatic rings. The summed E-state index contributed by atoms with van der Waals surface area (Å²) in [5.41, 5.74) is 1.35. The number of carbonyl (C=O) groups is 1. The number of rotatable bonds is 4. The van der Waals surface area contributed by atoms with Crippen LogP contribution in [0.2, 0.25) is 0 Å². The monoisotopic (exact) mass is 377 g/mol. The summed E-state index contributed by atoms with van der Waals surface area (Å²) in [5, 5.41) is 11.1. The van der Waals surface area contributed by atoms with Crippen molar-refractivity contribution >= 4 is 16.8 Å². The van der Waals surface area contributed by atoms with Crippen molar-refractivity contribution in [3.63, 3.8) is 0 Å². The third-order valence-electron chi connectivity index (χ3n) is 5.52. The van der Waals surface area contributed by atoms with Crippen LogP contribution in [0.15, 0.2) is 65.7 Å². The fraction of sp³-hybridized carbons (Fsp3) is 0.318. The minimum atomic E-state index is -0.509. The number of hydrogen-bond acceptors (Lipinski definition) is 4. The molecule has 0 aliphatic carbocycles. The lowest BCUT2D eigenvalue weighted by Crippen LogP contribution is -2.42. The van der Waals surface area contributed by atoms with Crippen LogP contribution in [-0.2, 0) is 11.3 Å². The Bertz CT molecular complexity index is 1020. The number of carbonyl (C=O) groups excluding carboxylic acids is 1. The molecule has 3 aromatic rings. The summed E-state index contributed by atoms with van der Waals surface area (Å²) in [5.74, 6) is 0.0448. The summed E-state index contributed by atoms with van der Waals surface area (Å²) in [7, 11) is 0. The Balaban J connectivity index is 1.39. The van der Waals surface area contributed by atoms with E-state index in [1.165, 1.54) is 10.9 Å². The molecule has 0 bridgehead atoms. The lowest BCUT2D eigenvalue weighted by molar-refractivity contribution is -0.133. The second kappa shape index (κ2) is 7.94. The molecule has 6 nitrogen and oxygen atoms in total. The van der Waals surface area contributed by atoms with Crippen molar-refractivity contribution in [2.45, 2.75) is 25.5 Å². The first-order chi connectivity index (χ1) is 13.6. The molecule has 28 heavy (non-hydrogen) atoms. The van der Waals surface area contributed by atoms with Gasteiger partial charge >= 0.3 is 0 Å². The zero-order valence-corrected chi connectivity index (χ0v) is 15.6. The Labute approximate surface area is 163 Å². The minimum Gasteiger partial charge on any atom is -0.388 e. The number of aliphatic hydroxyl groups is 1. The van der Waals surface area contributed by atoms with Crippen molar-refractivity contribution in [2.24, 2.45) is 5.92 Å². The second-order valence-corrected chi connectivity index (χ2v) is 7.27. The van der Waals surface area contributed by atoms with Gasteiger partial charge in [-0.05, 0) is 36.5 Å². The maximum absolute atomic E-state index is 12.7. The first kappa shape index (κ1) is 18.4. The van der Waals surface area contributed by atoms with Crippen LogP contribution in [0, 0.1) is 5.92 Å². The third kappa shape index (κ3) is 3.68. The van der Waals surface area contributed by atoms with E-state index in [-0.39, 0.29) is 23.9 Å². The van der Waals surface area contributed by atoms with Crippen LogP contribution in [0.25, 0.3) is 10.9 Å². The number of fused-ring (bicyclic) bond motifs is 1. The fourth-order valence-corrected chi connectivity index (χ4v) is 3.85. The van der Waals surface area contributed by atoms with Gasteiger partial charge in [0.05, 0.1) is 23.3 Å². The zero-order chi connectivity index (χ0) is 19.5. The van der Waals surface area contributed by atoms with E-state index in [1.807, 2.05) is 36.4 Å². The van der Waals surface area contributed by atoms with Gasteiger partial charge in [0.25, 0.3) is 5.56 Å². The summed E-state index contributed by atoms with van der Waals surface area (Å²) in [6.45, 7) is 1.16. The highest BCUT2D eigenvalue weighted by molar-refractivity contribution is 5.79. The molecular weight excluding hydrogens is 354 g/mol. The molecule has 1 saturated heterocycles. The summed E-state index contributed by atoms with van der Waals surface area (Å²) in [4.78, 5) is 31.3. The van der Waals surface area contributed by atoms with Crippen LogP contribution in [-0.4, -0.2) is 38.6 Å². The van der Waals surface area contributed by atoms with Crippen molar-refractivity contribution in [2.75, 3.05) is 13.1 Å². The summed E-state index contributed by atoms with van der Waals surface area (Å²) < 4.78 is 1.37. The lowest BCUT2D eigenvalue weighted by atomic mass is 9.87. The maximum atomic E-state index is 12.7. The van der Waals surface area contributed by atoms with Crippen molar-refractivity contribution in [1.29, 1.82) is 0 Å². The van der Waals surface area contributed by atoms with Gasteiger partial charge in [-0.3, -0.25) is 14.2 Å².